The van der Waals surface area contributed by atoms with Crippen molar-refractivity contribution in [1.82, 2.24) is 19.6 Å². The van der Waals surface area contributed by atoms with Crippen LogP contribution in [0.1, 0.15) is 28.3 Å². The second kappa shape index (κ2) is 6.50. The molecule has 6 rings (SSSR count). The van der Waals surface area contributed by atoms with Gasteiger partial charge in [-0.15, -0.1) is 0 Å². The maximum Gasteiger partial charge on any atom is 0.330 e. The summed E-state index contributed by atoms with van der Waals surface area (Å²) in [6, 6.07) is 9.91. The highest BCUT2D eigenvalue weighted by atomic mass is 16.2. The number of carbonyl (C=O) groups excluding carboxylic acids is 3. The van der Waals surface area contributed by atoms with Crippen molar-refractivity contribution in [1.29, 1.82) is 0 Å². The van der Waals surface area contributed by atoms with E-state index in [0.717, 1.165) is 21.6 Å². The summed E-state index contributed by atoms with van der Waals surface area (Å²) in [5, 5.41) is 2.35. The lowest BCUT2D eigenvalue weighted by Gasteiger charge is -2.52. The van der Waals surface area contributed by atoms with Gasteiger partial charge in [0, 0.05) is 26.2 Å². The summed E-state index contributed by atoms with van der Waals surface area (Å²) in [7, 11) is 1.36. The topological polar surface area (TPSA) is 104 Å². The lowest BCUT2D eigenvalue weighted by atomic mass is 9.65. The number of aromatic nitrogens is 2. The predicted octanol–water partition coefficient (Wildman–Crippen LogP) is 1.36. The molecule has 3 aliphatic heterocycles. The number of rotatable bonds is 0. The Morgan fingerprint density at radius 3 is 2.70 bits per heavy atom. The molecule has 1 saturated heterocycles. The van der Waals surface area contributed by atoms with Crippen LogP contribution in [0.15, 0.2) is 47.4 Å². The predicted molar refractivity (Wildman–Crippen MR) is 119 cm³/mol. The van der Waals surface area contributed by atoms with Crippen LogP contribution in [0.3, 0.4) is 0 Å². The van der Waals surface area contributed by atoms with Gasteiger partial charge < -0.3 is 4.90 Å². The molecule has 1 aromatic carbocycles. The standard InChI is InChI=1S/C24H21N5O4/c1-13-6-5-10-29-18(13)25-19-16(20(29)30)12-24(21(31)26-23(33)27(2)22(24)32)17-15-8-4-3-7-14(15)9-11-28(17)19/h3-8,10,17H,9,11-12H2,1-2H3,(H,26,31,33)/t17-,24+/m0/s1. The summed E-state index contributed by atoms with van der Waals surface area (Å²) in [5.74, 6) is -0.788. The summed E-state index contributed by atoms with van der Waals surface area (Å²) in [4.78, 5) is 60.8. The number of imide groups is 2. The average Bonchev–Trinajstić information content (AvgIpc) is 2.82. The fourth-order valence-corrected chi connectivity index (χ4v) is 5.60. The van der Waals surface area contributed by atoms with Crippen LogP contribution in [0, 0.1) is 12.3 Å². The maximum atomic E-state index is 13.7. The summed E-state index contributed by atoms with van der Waals surface area (Å²) in [6.07, 6.45) is 2.19. The normalized spacial score (nSPS) is 23.9. The van der Waals surface area contributed by atoms with Crippen LogP contribution in [0.5, 0.6) is 0 Å². The Kier molecular flexibility index (Phi) is 3.87. The number of aryl methyl sites for hydroxylation is 1. The number of urea groups is 1. The highest BCUT2D eigenvalue weighted by Gasteiger charge is 2.63. The van der Waals surface area contributed by atoms with Gasteiger partial charge in [0.1, 0.15) is 11.5 Å². The molecule has 0 aliphatic carbocycles. The third-order valence-electron chi connectivity index (χ3n) is 7.22. The van der Waals surface area contributed by atoms with Gasteiger partial charge in [0.05, 0.1) is 11.6 Å². The smallest absolute Gasteiger partial charge is 0.330 e. The molecular weight excluding hydrogens is 422 g/mol. The maximum absolute atomic E-state index is 13.7. The second-order valence-electron chi connectivity index (χ2n) is 8.92. The van der Waals surface area contributed by atoms with E-state index in [9.17, 15) is 19.2 Å². The van der Waals surface area contributed by atoms with Gasteiger partial charge in [0.25, 0.3) is 5.56 Å². The summed E-state index contributed by atoms with van der Waals surface area (Å²) < 4.78 is 1.46. The van der Waals surface area contributed by atoms with E-state index in [2.05, 4.69) is 5.32 Å². The number of barbiturate groups is 1. The SMILES string of the molecule is Cc1cccn2c(=O)c3c(nc12)N1CCc2ccccc2[C@H]1[C@]1(C3)C(=O)NC(=O)N(C)C1=O. The number of fused-ring (bicyclic) bond motifs is 7. The molecule has 0 radical (unpaired) electrons. The van der Waals surface area contributed by atoms with Gasteiger partial charge in [-0.2, -0.15) is 0 Å². The molecule has 2 atom stereocenters. The van der Waals surface area contributed by atoms with E-state index in [-0.39, 0.29) is 12.0 Å². The number of pyridine rings is 1. The fraction of sp³-hybridized carbons (Fsp3) is 0.292. The molecule has 3 aromatic rings. The number of benzene rings is 1. The van der Waals surface area contributed by atoms with Gasteiger partial charge in [-0.3, -0.25) is 29.0 Å². The fourth-order valence-electron chi connectivity index (χ4n) is 5.60. The van der Waals surface area contributed by atoms with Crippen LogP contribution >= 0.6 is 0 Å². The molecule has 3 aliphatic rings. The molecule has 5 heterocycles. The molecule has 9 nitrogen and oxygen atoms in total. The van der Waals surface area contributed by atoms with Crippen molar-refractivity contribution in [3.63, 3.8) is 0 Å². The number of nitrogens with zero attached hydrogens (tertiary/aromatic N) is 4. The van der Waals surface area contributed by atoms with Crippen LogP contribution in [-0.4, -0.2) is 45.7 Å². The minimum Gasteiger partial charge on any atom is -0.347 e. The van der Waals surface area contributed by atoms with Gasteiger partial charge in [-0.1, -0.05) is 30.3 Å². The zero-order valence-electron chi connectivity index (χ0n) is 18.2. The first-order chi connectivity index (χ1) is 15.8. The van der Waals surface area contributed by atoms with Crippen molar-refractivity contribution >= 4 is 29.3 Å². The van der Waals surface area contributed by atoms with Gasteiger partial charge in [0.15, 0.2) is 5.41 Å². The van der Waals surface area contributed by atoms with Gasteiger partial charge in [-0.05, 0) is 36.1 Å². The van der Waals surface area contributed by atoms with Gasteiger partial charge in [0.2, 0.25) is 11.8 Å². The van der Waals surface area contributed by atoms with Crippen molar-refractivity contribution in [3.8, 4) is 0 Å². The molecule has 1 N–H and O–H groups in total. The number of nitrogens with one attached hydrogen (secondary N) is 1. The molecule has 33 heavy (non-hydrogen) atoms. The third kappa shape index (κ3) is 2.39. The average molecular weight is 443 g/mol. The van der Waals surface area contributed by atoms with E-state index in [0.29, 0.717) is 30.0 Å². The van der Waals surface area contributed by atoms with E-state index in [4.69, 9.17) is 4.98 Å². The van der Waals surface area contributed by atoms with Crippen molar-refractivity contribution in [2.24, 2.45) is 5.41 Å². The molecule has 0 saturated carbocycles. The van der Waals surface area contributed by atoms with E-state index in [1.54, 1.807) is 12.3 Å². The molecule has 1 spiro atoms. The Bertz CT molecular complexity index is 1460. The summed E-state index contributed by atoms with van der Waals surface area (Å²) in [6.45, 7) is 2.38. The summed E-state index contributed by atoms with van der Waals surface area (Å²) >= 11 is 0. The molecule has 166 valence electrons. The van der Waals surface area contributed by atoms with E-state index >= 15 is 0 Å². The van der Waals surface area contributed by atoms with Crippen molar-refractivity contribution in [2.75, 3.05) is 18.5 Å². The highest BCUT2D eigenvalue weighted by molar-refractivity contribution is 6.20. The van der Waals surface area contributed by atoms with Gasteiger partial charge >= 0.3 is 6.03 Å². The minimum atomic E-state index is -1.66. The van der Waals surface area contributed by atoms with E-state index in [1.807, 2.05) is 42.2 Å². The molecule has 2 aromatic heterocycles. The van der Waals surface area contributed by atoms with Crippen LogP contribution in [0.25, 0.3) is 5.65 Å². The Balaban J connectivity index is 1.70. The molecule has 0 bridgehead atoms. The van der Waals surface area contributed by atoms with Crippen molar-refractivity contribution in [2.45, 2.75) is 25.8 Å². The Hall–Kier alpha value is -4.01. The number of amides is 4. The van der Waals surface area contributed by atoms with E-state index < -0.39 is 29.3 Å². The first kappa shape index (κ1) is 19.7. The third-order valence-corrected chi connectivity index (χ3v) is 7.22. The molecule has 0 unspecified atom stereocenters. The monoisotopic (exact) mass is 443 g/mol. The van der Waals surface area contributed by atoms with E-state index in [1.165, 1.54) is 11.4 Å². The molecule has 9 heteroatoms. The van der Waals surface area contributed by atoms with Crippen LogP contribution < -0.4 is 15.8 Å². The van der Waals surface area contributed by atoms with Crippen LogP contribution in [-0.2, 0) is 22.4 Å². The second-order valence-corrected chi connectivity index (χ2v) is 8.92. The minimum absolute atomic E-state index is 0.136. The molecular formula is C24H21N5O4. The first-order valence-electron chi connectivity index (χ1n) is 10.8. The Labute approximate surface area is 188 Å². The lowest BCUT2D eigenvalue weighted by molar-refractivity contribution is -0.153. The number of anilines is 1. The number of hydrogen-bond donors (Lipinski definition) is 1. The van der Waals surface area contributed by atoms with Crippen LogP contribution in [0.2, 0.25) is 0 Å². The highest BCUT2D eigenvalue weighted by Crippen LogP contribution is 2.52. The Morgan fingerprint density at radius 1 is 1.09 bits per heavy atom. The zero-order chi connectivity index (χ0) is 23.1. The Morgan fingerprint density at radius 2 is 1.88 bits per heavy atom. The molecule has 1 fully saturated rings. The van der Waals surface area contributed by atoms with Crippen LogP contribution in [0.4, 0.5) is 10.6 Å². The number of carbonyl (C=O) groups is 3. The largest absolute Gasteiger partial charge is 0.347 e. The zero-order valence-corrected chi connectivity index (χ0v) is 18.2. The van der Waals surface area contributed by atoms with Crippen molar-refractivity contribution < 1.29 is 14.4 Å². The quantitative estimate of drug-likeness (QED) is 0.526. The molecule has 4 amide bonds. The summed E-state index contributed by atoms with van der Waals surface area (Å²) in [5.41, 5.74) is 1.61. The first-order valence-corrected chi connectivity index (χ1v) is 10.8. The van der Waals surface area contributed by atoms with Gasteiger partial charge in [-0.25, -0.2) is 9.78 Å². The lowest BCUT2D eigenvalue weighted by Crippen LogP contribution is -2.69. The van der Waals surface area contributed by atoms with Crippen molar-refractivity contribution in [3.05, 3.63) is 75.2 Å². The number of hydrogen-bond acceptors (Lipinski definition) is 6.